The zero-order valence-corrected chi connectivity index (χ0v) is 18.7. The van der Waals surface area contributed by atoms with Crippen LogP contribution >= 0.6 is 11.3 Å². The molecule has 3 aromatic rings. The van der Waals surface area contributed by atoms with Crippen LogP contribution in [0.25, 0.3) is 10.3 Å². The normalized spacial score (nSPS) is 14.5. The number of nitrogens with zero attached hydrogens (tertiary/aromatic N) is 3. The molecule has 0 radical (unpaired) electrons. The summed E-state index contributed by atoms with van der Waals surface area (Å²) in [5.41, 5.74) is 1.81. The summed E-state index contributed by atoms with van der Waals surface area (Å²) in [4.78, 5) is 25.0. The zero-order valence-electron chi connectivity index (χ0n) is 17.9. The second-order valence-electron chi connectivity index (χ2n) is 7.34. The second kappa shape index (κ2) is 9.38. The summed E-state index contributed by atoms with van der Waals surface area (Å²) in [6, 6.07) is 7.58. The van der Waals surface area contributed by atoms with Gasteiger partial charge < -0.3 is 24.4 Å². The monoisotopic (exact) mass is 442 g/mol. The van der Waals surface area contributed by atoms with Crippen LogP contribution in [-0.2, 0) is 11.3 Å². The van der Waals surface area contributed by atoms with E-state index < -0.39 is 0 Å². The fourth-order valence-electron chi connectivity index (χ4n) is 3.80. The maximum Gasteiger partial charge on any atom is 0.223 e. The molecule has 1 aliphatic rings. The third-order valence-electron chi connectivity index (χ3n) is 5.48. The van der Waals surface area contributed by atoms with Crippen molar-refractivity contribution in [3.63, 3.8) is 0 Å². The van der Waals surface area contributed by atoms with Crippen LogP contribution in [0.5, 0.6) is 17.2 Å². The standard InChI is InChI=1S/C22H26N4O4S/c1-28-17-11-14(12-18(29-2)19(17)30-3)13-24-20(27)15-6-9-26(10-7-15)22-25-16-5-4-8-23-21(16)31-22/h4-5,8,11-12,15H,6-7,9-10,13H2,1-3H3,(H,24,27). The molecule has 164 valence electrons. The van der Waals surface area contributed by atoms with Crippen LogP contribution in [0.3, 0.4) is 0 Å². The minimum atomic E-state index is -0.00853. The maximum absolute atomic E-state index is 12.7. The highest BCUT2D eigenvalue weighted by atomic mass is 32.1. The molecule has 2 aromatic heterocycles. The maximum atomic E-state index is 12.7. The Hall–Kier alpha value is -3.07. The Labute approximate surface area is 185 Å². The Morgan fingerprint density at radius 1 is 1.16 bits per heavy atom. The van der Waals surface area contributed by atoms with Gasteiger partial charge in [-0.3, -0.25) is 4.79 Å². The number of hydrogen-bond donors (Lipinski definition) is 1. The molecule has 31 heavy (non-hydrogen) atoms. The number of nitrogens with one attached hydrogen (secondary N) is 1. The molecule has 1 N–H and O–H groups in total. The molecule has 1 aliphatic heterocycles. The lowest BCUT2D eigenvalue weighted by Gasteiger charge is -2.31. The molecular formula is C22H26N4O4S. The van der Waals surface area contributed by atoms with Crippen molar-refractivity contribution >= 4 is 32.7 Å². The lowest BCUT2D eigenvalue weighted by molar-refractivity contribution is -0.125. The number of amides is 1. The fourth-order valence-corrected chi connectivity index (χ4v) is 4.76. The molecule has 1 fully saturated rings. The van der Waals surface area contributed by atoms with Crippen LogP contribution in [0.1, 0.15) is 18.4 Å². The molecule has 1 amide bonds. The number of benzene rings is 1. The molecule has 9 heteroatoms. The van der Waals surface area contributed by atoms with Gasteiger partial charge in [-0.2, -0.15) is 0 Å². The van der Waals surface area contributed by atoms with Crippen molar-refractivity contribution in [3.8, 4) is 17.2 Å². The number of aromatic nitrogens is 2. The van der Waals surface area contributed by atoms with Crippen molar-refractivity contribution in [1.29, 1.82) is 0 Å². The first kappa shape index (κ1) is 21.2. The Kier molecular flexibility index (Phi) is 6.41. The van der Waals surface area contributed by atoms with Gasteiger partial charge in [-0.25, -0.2) is 9.97 Å². The van der Waals surface area contributed by atoms with Crippen molar-refractivity contribution in [3.05, 3.63) is 36.0 Å². The van der Waals surface area contributed by atoms with Gasteiger partial charge in [0.15, 0.2) is 16.6 Å². The van der Waals surface area contributed by atoms with Gasteiger partial charge >= 0.3 is 0 Å². The summed E-state index contributed by atoms with van der Waals surface area (Å²) in [5, 5.41) is 4.03. The average Bonchev–Trinajstić information content (AvgIpc) is 3.26. The topological polar surface area (TPSA) is 85.8 Å². The Bertz CT molecular complexity index is 1000. The smallest absolute Gasteiger partial charge is 0.223 e. The third-order valence-corrected chi connectivity index (χ3v) is 6.52. The SMILES string of the molecule is COc1cc(CNC(=O)C2CCN(c3nc4cccnc4s3)CC2)cc(OC)c1OC. The number of rotatable bonds is 7. The van der Waals surface area contributed by atoms with Gasteiger partial charge in [0, 0.05) is 31.7 Å². The van der Waals surface area contributed by atoms with Crippen molar-refractivity contribution < 1.29 is 19.0 Å². The van der Waals surface area contributed by atoms with Crippen LogP contribution in [0, 0.1) is 5.92 Å². The first-order chi connectivity index (χ1) is 15.1. The van der Waals surface area contributed by atoms with E-state index in [1.54, 1.807) is 38.9 Å². The Morgan fingerprint density at radius 2 is 1.87 bits per heavy atom. The molecule has 0 saturated carbocycles. The van der Waals surface area contributed by atoms with Crippen molar-refractivity contribution in [2.45, 2.75) is 19.4 Å². The number of ether oxygens (including phenoxy) is 3. The number of anilines is 1. The number of pyridine rings is 1. The number of methoxy groups -OCH3 is 3. The van der Waals surface area contributed by atoms with Gasteiger partial charge in [0.25, 0.3) is 0 Å². The highest BCUT2D eigenvalue weighted by Gasteiger charge is 2.26. The van der Waals surface area contributed by atoms with Crippen molar-refractivity contribution in [1.82, 2.24) is 15.3 Å². The molecule has 3 heterocycles. The van der Waals surface area contributed by atoms with Crippen molar-refractivity contribution in [2.24, 2.45) is 5.92 Å². The van der Waals surface area contributed by atoms with Gasteiger partial charge in [0.05, 0.1) is 21.3 Å². The Balaban J connectivity index is 1.34. The van der Waals surface area contributed by atoms with Gasteiger partial charge in [0.1, 0.15) is 10.3 Å². The molecule has 0 aliphatic carbocycles. The lowest BCUT2D eigenvalue weighted by Crippen LogP contribution is -2.40. The third kappa shape index (κ3) is 4.51. The molecule has 0 unspecified atom stereocenters. The lowest BCUT2D eigenvalue weighted by atomic mass is 9.96. The molecule has 0 bridgehead atoms. The highest BCUT2D eigenvalue weighted by molar-refractivity contribution is 7.21. The van der Waals surface area contributed by atoms with Crippen molar-refractivity contribution in [2.75, 3.05) is 39.3 Å². The van der Waals surface area contributed by atoms with Crippen LogP contribution < -0.4 is 24.4 Å². The number of carbonyl (C=O) groups is 1. The van der Waals surface area contributed by atoms with E-state index in [1.165, 1.54) is 0 Å². The molecule has 1 saturated heterocycles. The van der Waals surface area contributed by atoms with Gasteiger partial charge in [-0.1, -0.05) is 11.3 Å². The van der Waals surface area contributed by atoms with E-state index in [2.05, 4.69) is 20.2 Å². The van der Waals surface area contributed by atoms with E-state index >= 15 is 0 Å². The van der Waals surface area contributed by atoms with Crippen LogP contribution in [0.2, 0.25) is 0 Å². The number of thiazole rings is 1. The number of fused-ring (bicyclic) bond motifs is 1. The minimum absolute atomic E-state index is 0.00853. The fraction of sp³-hybridized carbons (Fsp3) is 0.409. The summed E-state index contributed by atoms with van der Waals surface area (Å²) in [6.07, 6.45) is 3.38. The number of carbonyl (C=O) groups excluding carboxylic acids is 1. The number of piperidine rings is 1. The summed E-state index contributed by atoms with van der Waals surface area (Å²) in [6.45, 7) is 2.02. The molecule has 1 aromatic carbocycles. The zero-order chi connectivity index (χ0) is 21.8. The molecule has 0 spiro atoms. The summed E-state index contributed by atoms with van der Waals surface area (Å²) >= 11 is 1.60. The van der Waals surface area contributed by atoms with Gasteiger partial charge in [-0.05, 0) is 42.7 Å². The minimum Gasteiger partial charge on any atom is -0.493 e. The molecule has 0 atom stereocenters. The average molecular weight is 443 g/mol. The van der Waals surface area contributed by atoms with E-state index in [0.717, 1.165) is 47.0 Å². The predicted molar refractivity (Wildman–Crippen MR) is 120 cm³/mol. The highest BCUT2D eigenvalue weighted by Crippen LogP contribution is 2.38. The van der Waals surface area contributed by atoms with E-state index in [9.17, 15) is 4.79 Å². The predicted octanol–water partition coefficient (Wildman–Crippen LogP) is 3.25. The van der Waals surface area contributed by atoms with Gasteiger partial charge in [-0.15, -0.1) is 0 Å². The number of hydrogen-bond acceptors (Lipinski definition) is 8. The van der Waals surface area contributed by atoms with Crippen LogP contribution in [-0.4, -0.2) is 50.3 Å². The summed E-state index contributed by atoms with van der Waals surface area (Å²) in [7, 11) is 4.73. The second-order valence-corrected chi connectivity index (χ2v) is 8.29. The van der Waals surface area contributed by atoms with Crippen LogP contribution in [0.15, 0.2) is 30.5 Å². The first-order valence-corrected chi connectivity index (χ1v) is 11.0. The van der Waals surface area contributed by atoms with E-state index in [0.29, 0.717) is 23.8 Å². The molecule has 4 rings (SSSR count). The largest absolute Gasteiger partial charge is 0.493 e. The quantitative estimate of drug-likeness (QED) is 0.601. The summed E-state index contributed by atoms with van der Waals surface area (Å²) in [5.74, 6) is 1.75. The van der Waals surface area contributed by atoms with Gasteiger partial charge in [0.2, 0.25) is 11.7 Å². The van der Waals surface area contributed by atoms with Crippen LogP contribution in [0.4, 0.5) is 5.13 Å². The Morgan fingerprint density at radius 3 is 2.48 bits per heavy atom. The van der Waals surface area contributed by atoms with E-state index in [4.69, 9.17) is 14.2 Å². The first-order valence-electron chi connectivity index (χ1n) is 10.2. The summed E-state index contributed by atoms with van der Waals surface area (Å²) < 4.78 is 16.1. The molecule has 8 nitrogen and oxygen atoms in total. The van der Waals surface area contributed by atoms with E-state index in [1.807, 2.05) is 24.3 Å². The van der Waals surface area contributed by atoms with E-state index in [-0.39, 0.29) is 11.8 Å². The molecular weight excluding hydrogens is 416 g/mol.